The number of hydrogen-bond donors (Lipinski definition) is 3. The van der Waals surface area contributed by atoms with Crippen molar-refractivity contribution in [1.82, 2.24) is 10.2 Å². The second kappa shape index (κ2) is 8.01. The topological polar surface area (TPSA) is 91.3 Å². The highest BCUT2D eigenvalue weighted by molar-refractivity contribution is 5.69. The fourth-order valence-electron chi connectivity index (χ4n) is 3.10. The monoisotopic (exact) mass is 390 g/mol. The van der Waals surface area contributed by atoms with Crippen LogP contribution in [0.15, 0.2) is 12.1 Å². The van der Waals surface area contributed by atoms with E-state index in [9.17, 15) is 23.1 Å². The Bertz CT molecular complexity index is 693. The molecule has 1 saturated heterocycles. The molecular formula is C17H21F3N2O5. The highest BCUT2D eigenvalue weighted by Crippen LogP contribution is 2.30. The quantitative estimate of drug-likeness (QED) is 0.473. The van der Waals surface area contributed by atoms with E-state index in [1.165, 1.54) is 4.90 Å². The van der Waals surface area contributed by atoms with Gasteiger partial charge in [0.1, 0.15) is 11.9 Å². The van der Waals surface area contributed by atoms with E-state index < -0.39 is 29.1 Å². The molecule has 0 atom stereocenters. The number of halogens is 3. The van der Waals surface area contributed by atoms with E-state index in [4.69, 9.17) is 14.6 Å². The van der Waals surface area contributed by atoms with Gasteiger partial charge in [-0.1, -0.05) is 0 Å². The molecule has 1 aliphatic carbocycles. The fraction of sp³-hybridized carbons (Fsp3) is 0.588. The van der Waals surface area contributed by atoms with Crippen LogP contribution in [0.25, 0.3) is 0 Å². The minimum atomic E-state index is -1.25. The Kier molecular flexibility index (Phi) is 5.89. The molecule has 10 heteroatoms. The van der Waals surface area contributed by atoms with Gasteiger partial charge in [-0.3, -0.25) is 5.32 Å². The molecule has 150 valence electrons. The van der Waals surface area contributed by atoms with E-state index >= 15 is 0 Å². The zero-order valence-corrected chi connectivity index (χ0v) is 14.5. The Morgan fingerprint density at radius 2 is 1.81 bits per heavy atom. The Balaban J connectivity index is 1.37. The summed E-state index contributed by atoms with van der Waals surface area (Å²) >= 11 is 0. The van der Waals surface area contributed by atoms with Gasteiger partial charge >= 0.3 is 6.09 Å². The summed E-state index contributed by atoms with van der Waals surface area (Å²) in [5, 5.41) is 20.9. The van der Waals surface area contributed by atoms with Gasteiger partial charge in [0.15, 0.2) is 11.6 Å². The number of hydrogen-bond acceptors (Lipinski definition) is 6. The lowest BCUT2D eigenvalue weighted by atomic mass is 9.91. The number of benzene rings is 1. The molecule has 27 heavy (non-hydrogen) atoms. The second-order valence-electron chi connectivity index (χ2n) is 6.90. The SMILES string of the molecule is O=C(OC1CC(OCc2cc(F)c(F)cc2F)C1)N1CC(CO)(NCO)C1. The van der Waals surface area contributed by atoms with Crippen LogP contribution in [-0.4, -0.2) is 65.4 Å². The third-order valence-corrected chi connectivity index (χ3v) is 4.88. The van der Waals surface area contributed by atoms with E-state index in [-0.39, 0.29) is 50.8 Å². The van der Waals surface area contributed by atoms with Crippen LogP contribution < -0.4 is 5.32 Å². The maximum absolute atomic E-state index is 13.5. The van der Waals surface area contributed by atoms with Crippen molar-refractivity contribution in [3.05, 3.63) is 35.1 Å². The molecule has 3 N–H and O–H groups in total. The van der Waals surface area contributed by atoms with Gasteiger partial charge in [0, 0.05) is 37.6 Å². The number of aliphatic hydroxyl groups excluding tert-OH is 2. The molecule has 0 unspecified atom stereocenters. The zero-order chi connectivity index (χ0) is 19.6. The van der Waals surface area contributed by atoms with Gasteiger partial charge in [-0.2, -0.15) is 0 Å². The third kappa shape index (κ3) is 4.34. The van der Waals surface area contributed by atoms with Crippen LogP contribution in [0.2, 0.25) is 0 Å². The average molecular weight is 390 g/mol. The van der Waals surface area contributed by atoms with Crippen LogP contribution in [0.3, 0.4) is 0 Å². The highest BCUT2D eigenvalue weighted by Gasteiger charge is 2.46. The van der Waals surface area contributed by atoms with Gasteiger partial charge in [0.25, 0.3) is 0 Å². The molecule has 2 fully saturated rings. The predicted octanol–water partition coefficient (Wildman–Crippen LogP) is 0.874. The molecule has 3 rings (SSSR count). The van der Waals surface area contributed by atoms with Crippen LogP contribution in [0.4, 0.5) is 18.0 Å². The highest BCUT2D eigenvalue weighted by atomic mass is 19.2. The van der Waals surface area contributed by atoms with E-state index in [2.05, 4.69) is 5.32 Å². The Labute approximate surface area is 153 Å². The number of likely N-dealkylation sites (tertiary alicyclic amines) is 1. The normalized spacial score (nSPS) is 23.5. The van der Waals surface area contributed by atoms with Crippen molar-refractivity contribution in [3.63, 3.8) is 0 Å². The van der Waals surface area contributed by atoms with E-state index in [1.807, 2.05) is 0 Å². The molecular weight excluding hydrogens is 369 g/mol. The standard InChI is InChI=1S/C17H21F3N2O5/c18-13-4-15(20)14(19)1-10(13)5-26-11-2-12(3-11)27-16(25)22-6-17(7-22,8-23)21-9-24/h1,4,11-12,21,23-24H,2-3,5-9H2. The first-order valence-corrected chi connectivity index (χ1v) is 8.53. The number of nitrogens with one attached hydrogen (secondary N) is 1. The first-order chi connectivity index (χ1) is 12.9. The Morgan fingerprint density at radius 1 is 1.15 bits per heavy atom. The van der Waals surface area contributed by atoms with Crippen molar-refractivity contribution in [2.75, 3.05) is 26.4 Å². The summed E-state index contributed by atoms with van der Waals surface area (Å²) in [5.74, 6) is -3.27. The van der Waals surface area contributed by atoms with Crippen molar-refractivity contribution in [1.29, 1.82) is 0 Å². The van der Waals surface area contributed by atoms with Crippen molar-refractivity contribution in [2.24, 2.45) is 0 Å². The molecule has 1 saturated carbocycles. The van der Waals surface area contributed by atoms with Crippen LogP contribution in [0.5, 0.6) is 0 Å². The van der Waals surface area contributed by atoms with Crippen LogP contribution >= 0.6 is 0 Å². The van der Waals surface area contributed by atoms with E-state index in [0.29, 0.717) is 18.9 Å². The van der Waals surface area contributed by atoms with Crippen molar-refractivity contribution in [3.8, 4) is 0 Å². The molecule has 1 heterocycles. The average Bonchev–Trinajstić information content (AvgIpc) is 2.56. The number of ether oxygens (including phenoxy) is 2. The number of carbonyl (C=O) groups is 1. The van der Waals surface area contributed by atoms with Gasteiger partial charge in [0.05, 0.1) is 31.6 Å². The van der Waals surface area contributed by atoms with Crippen LogP contribution in [-0.2, 0) is 16.1 Å². The van der Waals surface area contributed by atoms with Gasteiger partial charge in [-0.25, -0.2) is 18.0 Å². The van der Waals surface area contributed by atoms with E-state index in [0.717, 1.165) is 6.07 Å². The summed E-state index contributed by atoms with van der Waals surface area (Å²) < 4.78 is 50.3. The molecule has 2 aliphatic rings. The summed E-state index contributed by atoms with van der Waals surface area (Å²) in [5.41, 5.74) is -0.778. The van der Waals surface area contributed by atoms with Gasteiger partial charge in [-0.05, 0) is 6.07 Å². The van der Waals surface area contributed by atoms with Crippen molar-refractivity contribution >= 4 is 6.09 Å². The number of carbonyl (C=O) groups excluding carboxylic acids is 1. The fourth-order valence-corrected chi connectivity index (χ4v) is 3.10. The lowest BCUT2D eigenvalue weighted by Gasteiger charge is -2.49. The largest absolute Gasteiger partial charge is 0.446 e. The minimum Gasteiger partial charge on any atom is -0.446 e. The maximum atomic E-state index is 13.5. The molecule has 1 aromatic rings. The first kappa shape index (κ1) is 19.9. The van der Waals surface area contributed by atoms with Crippen LogP contribution in [0.1, 0.15) is 18.4 Å². The molecule has 1 amide bonds. The van der Waals surface area contributed by atoms with Crippen molar-refractivity contribution in [2.45, 2.75) is 37.2 Å². The third-order valence-electron chi connectivity index (χ3n) is 4.88. The zero-order valence-electron chi connectivity index (χ0n) is 14.5. The van der Waals surface area contributed by atoms with E-state index in [1.54, 1.807) is 0 Å². The lowest BCUT2D eigenvalue weighted by molar-refractivity contribution is -0.0965. The predicted molar refractivity (Wildman–Crippen MR) is 86.0 cm³/mol. The summed E-state index contributed by atoms with van der Waals surface area (Å²) in [7, 11) is 0. The molecule has 0 radical (unpaired) electrons. The molecule has 0 bridgehead atoms. The lowest BCUT2D eigenvalue weighted by Crippen LogP contribution is -2.72. The molecule has 0 spiro atoms. The maximum Gasteiger partial charge on any atom is 0.410 e. The van der Waals surface area contributed by atoms with Crippen LogP contribution in [0, 0.1) is 17.5 Å². The number of amides is 1. The summed E-state index contributed by atoms with van der Waals surface area (Å²) in [4.78, 5) is 13.4. The first-order valence-electron chi connectivity index (χ1n) is 8.53. The summed E-state index contributed by atoms with van der Waals surface area (Å²) in [6.07, 6.45) is -0.282. The molecule has 1 aliphatic heterocycles. The molecule has 7 nitrogen and oxygen atoms in total. The summed E-state index contributed by atoms with van der Waals surface area (Å²) in [6, 6.07) is 1.24. The van der Waals surface area contributed by atoms with Gasteiger partial charge < -0.3 is 24.6 Å². The van der Waals surface area contributed by atoms with Gasteiger partial charge in [0.2, 0.25) is 0 Å². The summed E-state index contributed by atoms with van der Waals surface area (Å²) in [6.45, 7) is -0.261. The Hall–Kier alpha value is -1.88. The number of rotatable bonds is 7. The van der Waals surface area contributed by atoms with Crippen molar-refractivity contribution < 1.29 is 37.7 Å². The number of nitrogens with zero attached hydrogens (tertiary/aromatic N) is 1. The molecule has 0 aromatic heterocycles. The minimum absolute atomic E-state index is 0.0772. The Morgan fingerprint density at radius 3 is 2.44 bits per heavy atom. The van der Waals surface area contributed by atoms with Gasteiger partial charge in [-0.15, -0.1) is 0 Å². The number of aliphatic hydroxyl groups is 2. The smallest absolute Gasteiger partial charge is 0.410 e. The second-order valence-corrected chi connectivity index (χ2v) is 6.90. The molecule has 1 aromatic carbocycles.